The summed E-state index contributed by atoms with van der Waals surface area (Å²) in [6, 6.07) is 20.1. The van der Waals surface area contributed by atoms with Crippen molar-refractivity contribution >= 4 is 32.8 Å². The van der Waals surface area contributed by atoms with E-state index in [9.17, 15) is 13.2 Å². The van der Waals surface area contributed by atoms with Crippen LogP contribution >= 0.6 is 11.3 Å². The summed E-state index contributed by atoms with van der Waals surface area (Å²) in [5, 5.41) is 1.90. The number of rotatable bonds is 6. The van der Waals surface area contributed by atoms with Gasteiger partial charge in [-0.25, -0.2) is 13.1 Å². The summed E-state index contributed by atoms with van der Waals surface area (Å²) in [7, 11) is -3.69. The predicted octanol–water partition coefficient (Wildman–Crippen LogP) is 4.16. The number of sulfonamides is 1. The minimum atomic E-state index is -3.69. The van der Waals surface area contributed by atoms with E-state index in [2.05, 4.69) is 22.9 Å². The molecule has 7 heteroatoms. The summed E-state index contributed by atoms with van der Waals surface area (Å²) in [5.74, 6) is -0.159. The number of benzene rings is 2. The van der Waals surface area contributed by atoms with E-state index in [1.807, 2.05) is 35.7 Å². The van der Waals surface area contributed by atoms with Crippen LogP contribution < -0.4 is 4.72 Å². The van der Waals surface area contributed by atoms with Gasteiger partial charge in [-0.1, -0.05) is 48.5 Å². The molecule has 1 amide bonds. The lowest BCUT2D eigenvalue weighted by molar-refractivity contribution is 0.0772. The molecule has 0 spiro atoms. The van der Waals surface area contributed by atoms with Crippen molar-refractivity contribution in [3.8, 4) is 0 Å². The lowest BCUT2D eigenvalue weighted by Crippen LogP contribution is -2.34. The van der Waals surface area contributed by atoms with E-state index < -0.39 is 10.0 Å². The second kappa shape index (κ2) is 8.95. The summed E-state index contributed by atoms with van der Waals surface area (Å²) in [6.45, 7) is 1.35. The molecule has 0 saturated carbocycles. The van der Waals surface area contributed by atoms with Crippen LogP contribution in [-0.4, -0.2) is 32.3 Å². The van der Waals surface area contributed by atoms with Gasteiger partial charge >= 0.3 is 0 Å². The van der Waals surface area contributed by atoms with Crippen LogP contribution in [-0.2, 0) is 16.6 Å². The Morgan fingerprint density at radius 2 is 1.87 bits per heavy atom. The van der Waals surface area contributed by atoms with Gasteiger partial charge in [-0.15, -0.1) is 11.3 Å². The fourth-order valence-electron chi connectivity index (χ4n) is 3.41. The molecule has 1 aliphatic heterocycles. The molecule has 0 fully saturated rings. The second-order valence-corrected chi connectivity index (χ2v) is 9.83. The van der Waals surface area contributed by atoms with Crippen LogP contribution in [0, 0.1) is 0 Å². The smallest absolute Gasteiger partial charge is 0.254 e. The Morgan fingerprint density at radius 1 is 1.03 bits per heavy atom. The van der Waals surface area contributed by atoms with Crippen LogP contribution in [0.2, 0.25) is 0 Å². The van der Waals surface area contributed by atoms with Gasteiger partial charge < -0.3 is 4.90 Å². The van der Waals surface area contributed by atoms with Gasteiger partial charge in [-0.3, -0.25) is 4.79 Å². The molecule has 0 atom stereocenters. The SMILES string of the molecule is O=C(c1cccc(S(=O)(=O)NCc2cccs2)c1)N1CC=C(c2ccccc2)CC1. The van der Waals surface area contributed by atoms with Gasteiger partial charge in [0.25, 0.3) is 5.91 Å². The third-order valence-corrected chi connectivity index (χ3v) is 7.32. The lowest BCUT2D eigenvalue weighted by Gasteiger charge is -2.27. The largest absolute Gasteiger partial charge is 0.335 e. The van der Waals surface area contributed by atoms with E-state index in [1.165, 1.54) is 34.6 Å². The lowest BCUT2D eigenvalue weighted by atomic mass is 9.99. The van der Waals surface area contributed by atoms with Crippen molar-refractivity contribution in [1.82, 2.24) is 9.62 Å². The Bertz CT molecular complexity index is 1150. The summed E-state index contributed by atoms with van der Waals surface area (Å²) >= 11 is 1.49. The molecule has 0 radical (unpaired) electrons. The molecule has 0 bridgehead atoms. The first-order chi connectivity index (χ1) is 14.5. The average Bonchev–Trinajstić information content (AvgIpc) is 3.32. The van der Waals surface area contributed by atoms with Crippen LogP contribution in [0.5, 0.6) is 0 Å². The number of nitrogens with zero attached hydrogens (tertiary/aromatic N) is 1. The minimum Gasteiger partial charge on any atom is -0.335 e. The molecule has 154 valence electrons. The quantitative estimate of drug-likeness (QED) is 0.629. The van der Waals surface area contributed by atoms with Crippen molar-refractivity contribution in [2.24, 2.45) is 0 Å². The topological polar surface area (TPSA) is 66.5 Å². The highest BCUT2D eigenvalue weighted by Gasteiger charge is 2.21. The molecular weight excluding hydrogens is 416 g/mol. The normalized spacial score (nSPS) is 14.4. The van der Waals surface area contributed by atoms with Crippen LogP contribution in [0.4, 0.5) is 0 Å². The highest BCUT2D eigenvalue weighted by atomic mass is 32.2. The average molecular weight is 439 g/mol. The molecule has 0 aliphatic carbocycles. The molecule has 1 aromatic heterocycles. The van der Waals surface area contributed by atoms with Gasteiger partial charge in [0.05, 0.1) is 4.90 Å². The summed E-state index contributed by atoms with van der Waals surface area (Å²) < 4.78 is 27.9. The first-order valence-corrected chi connectivity index (χ1v) is 12.0. The number of hydrogen-bond donors (Lipinski definition) is 1. The Morgan fingerprint density at radius 3 is 2.57 bits per heavy atom. The van der Waals surface area contributed by atoms with Crippen molar-refractivity contribution in [2.75, 3.05) is 13.1 Å². The van der Waals surface area contributed by atoms with Crippen LogP contribution in [0.15, 0.2) is 83.1 Å². The molecule has 5 nitrogen and oxygen atoms in total. The standard InChI is InChI=1S/C23H22N2O3S2/c26-23(25-13-11-19(12-14-25)18-6-2-1-3-7-18)20-8-4-10-22(16-20)30(27,28)24-17-21-9-5-15-29-21/h1-11,15-16,24H,12-14,17H2. The summed E-state index contributed by atoms with van der Waals surface area (Å²) in [6.07, 6.45) is 2.84. The zero-order valence-electron chi connectivity index (χ0n) is 16.3. The van der Waals surface area contributed by atoms with Crippen LogP contribution in [0.25, 0.3) is 5.57 Å². The van der Waals surface area contributed by atoms with Crippen molar-refractivity contribution in [1.29, 1.82) is 0 Å². The third-order valence-electron chi connectivity index (χ3n) is 5.05. The Hall–Kier alpha value is -2.74. The Labute approximate surface area is 180 Å². The monoisotopic (exact) mass is 438 g/mol. The highest BCUT2D eigenvalue weighted by molar-refractivity contribution is 7.89. The molecule has 1 N–H and O–H groups in total. The van der Waals surface area contributed by atoms with Crippen LogP contribution in [0.3, 0.4) is 0 Å². The van der Waals surface area contributed by atoms with Crippen molar-refractivity contribution in [3.63, 3.8) is 0 Å². The molecule has 3 aromatic rings. The van der Waals surface area contributed by atoms with E-state index in [0.29, 0.717) is 18.7 Å². The van der Waals surface area contributed by atoms with Crippen molar-refractivity contribution in [2.45, 2.75) is 17.9 Å². The van der Waals surface area contributed by atoms with Crippen molar-refractivity contribution < 1.29 is 13.2 Å². The van der Waals surface area contributed by atoms with E-state index in [0.717, 1.165) is 11.3 Å². The number of carbonyl (C=O) groups is 1. The van der Waals surface area contributed by atoms with E-state index in [-0.39, 0.29) is 17.3 Å². The number of amides is 1. The maximum absolute atomic E-state index is 12.9. The molecule has 2 heterocycles. The molecule has 2 aromatic carbocycles. The van der Waals surface area contributed by atoms with Gasteiger partial charge in [0.2, 0.25) is 10.0 Å². The molecule has 30 heavy (non-hydrogen) atoms. The molecule has 0 saturated heterocycles. The first-order valence-electron chi connectivity index (χ1n) is 9.69. The molecular formula is C23H22N2O3S2. The summed E-state index contributed by atoms with van der Waals surface area (Å²) in [5.41, 5.74) is 2.79. The molecule has 4 rings (SSSR count). The number of nitrogens with one attached hydrogen (secondary N) is 1. The Kier molecular flexibility index (Phi) is 6.13. The Balaban J connectivity index is 1.46. The van der Waals surface area contributed by atoms with Gasteiger partial charge in [-0.05, 0) is 47.2 Å². The fraction of sp³-hybridized carbons (Fsp3) is 0.174. The molecule has 0 unspecified atom stereocenters. The fourth-order valence-corrected chi connectivity index (χ4v) is 5.20. The maximum Gasteiger partial charge on any atom is 0.254 e. The third kappa shape index (κ3) is 4.70. The van der Waals surface area contributed by atoms with Gasteiger partial charge in [0, 0.05) is 30.1 Å². The predicted molar refractivity (Wildman–Crippen MR) is 120 cm³/mol. The number of hydrogen-bond acceptors (Lipinski definition) is 4. The molecule has 1 aliphatic rings. The van der Waals surface area contributed by atoms with E-state index >= 15 is 0 Å². The van der Waals surface area contributed by atoms with Gasteiger partial charge in [0.1, 0.15) is 0 Å². The summed E-state index contributed by atoms with van der Waals surface area (Å²) in [4.78, 5) is 15.7. The highest BCUT2D eigenvalue weighted by Crippen LogP contribution is 2.23. The zero-order chi connectivity index (χ0) is 21.0. The maximum atomic E-state index is 12.9. The minimum absolute atomic E-state index is 0.0995. The number of carbonyl (C=O) groups excluding carboxylic acids is 1. The van der Waals surface area contributed by atoms with E-state index in [4.69, 9.17) is 0 Å². The van der Waals surface area contributed by atoms with Gasteiger partial charge in [0.15, 0.2) is 0 Å². The zero-order valence-corrected chi connectivity index (χ0v) is 18.0. The van der Waals surface area contributed by atoms with E-state index in [1.54, 1.807) is 17.0 Å². The second-order valence-electron chi connectivity index (χ2n) is 7.03. The number of thiophene rings is 1. The first kappa shape index (κ1) is 20.5. The van der Waals surface area contributed by atoms with Gasteiger partial charge in [-0.2, -0.15) is 0 Å². The van der Waals surface area contributed by atoms with Crippen molar-refractivity contribution in [3.05, 3.63) is 94.2 Å². The van der Waals surface area contributed by atoms with Crippen LogP contribution in [0.1, 0.15) is 27.2 Å².